The Kier molecular flexibility index (Phi) is 22.5. The van der Waals surface area contributed by atoms with E-state index < -0.39 is 35.8 Å². The van der Waals surface area contributed by atoms with Crippen molar-refractivity contribution in [2.45, 2.75) is 76.4 Å². The maximum atomic E-state index is 14.6. The van der Waals surface area contributed by atoms with Gasteiger partial charge in [-0.1, -0.05) is 36.7 Å². The monoisotopic (exact) mass is 1190 g/mol. The third-order valence-electron chi connectivity index (χ3n) is 15.2. The number of anilines is 2. The van der Waals surface area contributed by atoms with E-state index in [0.29, 0.717) is 145 Å². The maximum Gasteiger partial charge on any atom is 0.329 e. The molecular formula is C63H75ClFN7O13. The number of benzene rings is 5. The third kappa shape index (κ3) is 16.1. The smallest absolute Gasteiger partial charge is 0.329 e. The maximum absolute atomic E-state index is 14.6. The standard InChI is InChI=1S/C63H75ClFN7O13/c1-8-45(42-33-56(80-5)60(82-7)57(34-42)81-6)62(75)72-25-10-9-15-50(72)63(76)85-51(20-16-40-17-21-52(77-2)53(31-40)78-3)41-13-11-14-44(32-41)84-38-58(73)66-23-22-59(74)71-28-26-70(27-29-71)24-12-30-83-55-36-46-49(37-54(55)79-4)67-39-68-61(46)69-43-18-19-48(65)47(64)35-43/h11,13-14,17-19,21,31-37,39,45,50-51H,8-10,12,15-16,20,22-30,38H2,1-7H3,(H,66,73)(H,67,68,69)/t45-,50+,51+/m0/s1. The van der Waals surface area contributed by atoms with Gasteiger partial charge in [0.15, 0.2) is 41.1 Å². The summed E-state index contributed by atoms with van der Waals surface area (Å²) in [6.45, 7) is 5.78. The number of amides is 3. The number of ether oxygens (including phenoxy) is 9. The van der Waals surface area contributed by atoms with Gasteiger partial charge in [-0.2, -0.15) is 0 Å². The van der Waals surface area contributed by atoms with E-state index in [1.165, 1.54) is 39.8 Å². The number of nitrogens with zero attached hydrogens (tertiary/aromatic N) is 5. The number of carbonyl (C=O) groups is 4. The molecule has 1 aromatic heterocycles. The zero-order chi connectivity index (χ0) is 60.4. The molecule has 8 rings (SSSR count). The van der Waals surface area contributed by atoms with E-state index in [2.05, 4.69) is 25.5 Å². The number of esters is 1. The van der Waals surface area contributed by atoms with E-state index in [9.17, 15) is 23.6 Å². The Morgan fingerprint density at radius 1 is 0.741 bits per heavy atom. The fourth-order valence-electron chi connectivity index (χ4n) is 10.7. The number of halogens is 2. The highest BCUT2D eigenvalue weighted by atomic mass is 35.5. The number of hydrogen-bond donors (Lipinski definition) is 2. The summed E-state index contributed by atoms with van der Waals surface area (Å²) < 4.78 is 65.8. The number of fused-ring (bicyclic) bond motifs is 1. The lowest BCUT2D eigenvalue weighted by molar-refractivity contribution is -0.162. The fourth-order valence-corrected chi connectivity index (χ4v) is 10.8. The first-order chi connectivity index (χ1) is 41.3. The van der Waals surface area contributed by atoms with Crippen molar-refractivity contribution in [3.05, 3.63) is 119 Å². The Bertz CT molecular complexity index is 3250. The van der Waals surface area contributed by atoms with E-state index in [1.54, 1.807) is 68.7 Å². The van der Waals surface area contributed by atoms with Crippen molar-refractivity contribution < 1.29 is 66.2 Å². The summed E-state index contributed by atoms with van der Waals surface area (Å²) in [5.74, 6) is 2.02. The van der Waals surface area contributed by atoms with Crippen LogP contribution in [0.4, 0.5) is 15.9 Å². The second-order valence-corrected chi connectivity index (χ2v) is 20.9. The molecule has 2 saturated heterocycles. The highest BCUT2D eigenvalue weighted by molar-refractivity contribution is 6.31. The van der Waals surface area contributed by atoms with Crippen molar-refractivity contribution in [1.29, 1.82) is 0 Å². The number of hydrogen-bond acceptors (Lipinski definition) is 17. The number of aromatic nitrogens is 2. The molecule has 3 atom stereocenters. The lowest BCUT2D eigenvalue weighted by Crippen LogP contribution is -2.50. The molecule has 20 nitrogen and oxygen atoms in total. The summed E-state index contributed by atoms with van der Waals surface area (Å²) in [7, 11) is 9.27. The molecule has 22 heteroatoms. The lowest BCUT2D eigenvalue weighted by Gasteiger charge is -2.37. The molecule has 0 radical (unpaired) electrons. The van der Waals surface area contributed by atoms with E-state index >= 15 is 0 Å². The molecule has 0 spiro atoms. The molecule has 0 bridgehead atoms. The minimum absolute atomic E-state index is 0.0129. The van der Waals surface area contributed by atoms with Crippen LogP contribution in [0.1, 0.15) is 80.6 Å². The van der Waals surface area contributed by atoms with Crippen LogP contribution in [0.3, 0.4) is 0 Å². The molecule has 454 valence electrons. The van der Waals surface area contributed by atoms with E-state index in [1.807, 2.05) is 42.2 Å². The normalized spacial score (nSPS) is 15.0. The summed E-state index contributed by atoms with van der Waals surface area (Å²) in [6.07, 6.45) is 4.71. The number of likely N-dealkylation sites (tertiary alicyclic amines) is 1. The van der Waals surface area contributed by atoms with Gasteiger partial charge in [0.2, 0.25) is 17.6 Å². The van der Waals surface area contributed by atoms with Crippen LogP contribution < -0.4 is 48.5 Å². The molecule has 3 heterocycles. The van der Waals surface area contributed by atoms with Crippen molar-refractivity contribution >= 4 is 57.7 Å². The fraction of sp³-hybridized carbons (Fsp3) is 0.429. The topological polar surface area (TPSA) is 211 Å². The molecule has 0 aliphatic carbocycles. The molecule has 6 aromatic rings. The highest BCUT2D eigenvalue weighted by Gasteiger charge is 2.38. The van der Waals surface area contributed by atoms with Crippen molar-refractivity contribution in [2.75, 3.05) is 107 Å². The van der Waals surface area contributed by atoms with Crippen LogP contribution in [0, 0.1) is 5.82 Å². The molecule has 2 N–H and O–H groups in total. The second kappa shape index (κ2) is 30.5. The average molecular weight is 1190 g/mol. The Hall–Kier alpha value is -8.30. The van der Waals surface area contributed by atoms with Gasteiger partial charge in [-0.15, -0.1) is 0 Å². The van der Waals surface area contributed by atoms with Gasteiger partial charge in [-0.3, -0.25) is 19.3 Å². The second-order valence-electron chi connectivity index (χ2n) is 20.5. The van der Waals surface area contributed by atoms with Gasteiger partial charge < -0.3 is 63.1 Å². The predicted octanol–water partition coefficient (Wildman–Crippen LogP) is 9.51. The number of nitrogens with one attached hydrogen (secondary N) is 2. The first kappa shape index (κ1) is 62.7. The van der Waals surface area contributed by atoms with Crippen molar-refractivity contribution in [3.63, 3.8) is 0 Å². The van der Waals surface area contributed by atoms with Gasteiger partial charge >= 0.3 is 5.97 Å². The summed E-state index contributed by atoms with van der Waals surface area (Å²) in [5.41, 5.74) is 3.43. The van der Waals surface area contributed by atoms with Gasteiger partial charge in [0.1, 0.15) is 35.9 Å². The number of piperidine rings is 1. The summed E-state index contributed by atoms with van der Waals surface area (Å²) in [6, 6.07) is 23.4. The largest absolute Gasteiger partial charge is 0.493 e. The van der Waals surface area contributed by atoms with Crippen molar-refractivity contribution in [3.8, 4) is 46.0 Å². The van der Waals surface area contributed by atoms with E-state index in [0.717, 1.165) is 31.4 Å². The summed E-state index contributed by atoms with van der Waals surface area (Å²) >= 11 is 6.01. The first-order valence-electron chi connectivity index (χ1n) is 28.5. The van der Waals surface area contributed by atoms with E-state index in [-0.39, 0.29) is 36.4 Å². The molecule has 2 aliphatic heterocycles. The molecule has 2 fully saturated rings. The van der Waals surface area contributed by atoms with Crippen molar-refractivity contribution in [1.82, 2.24) is 30.0 Å². The minimum Gasteiger partial charge on any atom is -0.493 e. The van der Waals surface area contributed by atoms with Crippen LogP contribution in [0.2, 0.25) is 5.02 Å². The number of carbonyl (C=O) groups excluding carboxylic acids is 4. The minimum atomic E-state index is -0.832. The molecule has 3 amide bonds. The highest BCUT2D eigenvalue weighted by Crippen LogP contribution is 2.42. The van der Waals surface area contributed by atoms with Crippen LogP contribution >= 0.6 is 11.6 Å². The van der Waals surface area contributed by atoms with Gasteiger partial charge in [0.25, 0.3) is 5.91 Å². The Morgan fingerprint density at radius 2 is 1.48 bits per heavy atom. The summed E-state index contributed by atoms with van der Waals surface area (Å²) in [4.78, 5) is 70.0. The third-order valence-corrected chi connectivity index (χ3v) is 15.5. The van der Waals surface area contributed by atoms with Gasteiger partial charge in [-0.25, -0.2) is 19.2 Å². The number of rotatable bonds is 28. The quantitative estimate of drug-likeness (QED) is 0.0346. The number of aryl methyl sites for hydroxylation is 1. The van der Waals surface area contributed by atoms with E-state index in [4.69, 9.17) is 54.2 Å². The van der Waals surface area contributed by atoms with Crippen LogP contribution in [0.5, 0.6) is 46.0 Å². The predicted molar refractivity (Wildman–Crippen MR) is 319 cm³/mol. The Balaban J connectivity index is 0.820. The number of piperazine rings is 1. The number of methoxy groups -OCH3 is 6. The van der Waals surface area contributed by atoms with Gasteiger partial charge in [0, 0.05) is 69.4 Å². The lowest BCUT2D eigenvalue weighted by atomic mass is 9.91. The van der Waals surface area contributed by atoms with Crippen molar-refractivity contribution in [2.24, 2.45) is 0 Å². The Labute approximate surface area is 500 Å². The SMILES string of the molecule is CC[C@H](C(=O)N1CCCC[C@@H]1C(=O)O[C@H](CCc1ccc(OC)c(OC)c1)c1cccc(OCC(=O)NCCC(=O)N2CCN(CCCOc3cc4c(Nc5ccc(F)c(Cl)c5)ncnc4cc3OC)CC2)c1)c1cc(OC)c(OC)c(OC)c1. The zero-order valence-electron chi connectivity index (χ0n) is 49.2. The van der Waals surface area contributed by atoms with Gasteiger partial charge in [-0.05, 0) is 122 Å². The van der Waals surface area contributed by atoms with Crippen LogP contribution in [-0.4, -0.2) is 156 Å². The first-order valence-corrected chi connectivity index (χ1v) is 28.8. The molecule has 85 heavy (non-hydrogen) atoms. The average Bonchev–Trinajstić information content (AvgIpc) is 2.98. The summed E-state index contributed by atoms with van der Waals surface area (Å²) in [5, 5.41) is 6.66. The molecular weight excluding hydrogens is 1120 g/mol. The Morgan fingerprint density at radius 3 is 2.19 bits per heavy atom. The molecule has 5 aromatic carbocycles. The van der Waals surface area contributed by atoms with Crippen LogP contribution in [0.15, 0.2) is 91.3 Å². The van der Waals surface area contributed by atoms with Crippen LogP contribution in [0.25, 0.3) is 10.9 Å². The molecule has 2 aliphatic rings. The van der Waals surface area contributed by atoms with Crippen LogP contribution in [-0.2, 0) is 30.3 Å². The van der Waals surface area contributed by atoms with Gasteiger partial charge in [0.05, 0.1) is 65.7 Å². The zero-order valence-corrected chi connectivity index (χ0v) is 50.0. The molecule has 0 saturated carbocycles. The molecule has 0 unspecified atom stereocenters.